The Balaban J connectivity index is 2.93. The summed E-state index contributed by atoms with van der Waals surface area (Å²) in [4.78, 5) is 0. The van der Waals surface area contributed by atoms with Crippen molar-refractivity contribution in [2.24, 2.45) is 0 Å². The summed E-state index contributed by atoms with van der Waals surface area (Å²) in [6.07, 6.45) is 5.97. The van der Waals surface area contributed by atoms with E-state index >= 15 is 0 Å². The van der Waals surface area contributed by atoms with Gasteiger partial charge in [-0.15, -0.1) is 0 Å². The molecule has 2 atom stereocenters. The Bertz CT molecular complexity index is 347. The summed E-state index contributed by atoms with van der Waals surface area (Å²) in [6, 6.07) is 10.7. The minimum atomic E-state index is -0.240. The molecule has 1 aromatic rings. The van der Waals surface area contributed by atoms with Crippen LogP contribution in [0.1, 0.15) is 38.2 Å². The Morgan fingerprint density at radius 1 is 1.39 bits per heavy atom. The van der Waals surface area contributed by atoms with Gasteiger partial charge in [0.15, 0.2) is 0 Å². The Kier molecular flexibility index (Phi) is 6.70. The fourth-order valence-electron chi connectivity index (χ4n) is 2.42. The van der Waals surface area contributed by atoms with Gasteiger partial charge in [0.2, 0.25) is 0 Å². The van der Waals surface area contributed by atoms with E-state index in [1.807, 2.05) is 13.0 Å². The Morgan fingerprint density at radius 3 is 2.56 bits per heavy atom. The molecule has 0 aliphatic rings. The fourth-order valence-corrected chi connectivity index (χ4v) is 4.79. The number of hydrogen-bond acceptors (Lipinski definition) is 1. The third-order valence-corrected chi connectivity index (χ3v) is 6.22. The SMILES string of the molecule is C=CCCCC(C[C@H](C)O)([Se]C)c1ccccc1. The van der Waals surface area contributed by atoms with Crippen LogP contribution in [0.3, 0.4) is 0 Å². The molecule has 100 valence electrons. The van der Waals surface area contributed by atoms with Crippen molar-refractivity contribution >= 4 is 15.0 Å². The number of hydrogen-bond donors (Lipinski definition) is 1. The Labute approximate surface area is 117 Å². The van der Waals surface area contributed by atoms with E-state index in [1.54, 1.807) is 0 Å². The fraction of sp³-hybridized carbons (Fsp3) is 0.500. The molecule has 0 amide bonds. The molecule has 1 aromatic carbocycles. The van der Waals surface area contributed by atoms with Crippen LogP contribution in [0.2, 0.25) is 5.82 Å². The molecule has 0 spiro atoms. The van der Waals surface area contributed by atoms with Gasteiger partial charge in [0.05, 0.1) is 0 Å². The van der Waals surface area contributed by atoms with E-state index in [0.29, 0.717) is 15.0 Å². The first kappa shape index (κ1) is 15.5. The summed E-state index contributed by atoms with van der Waals surface area (Å²) in [6.45, 7) is 5.70. The summed E-state index contributed by atoms with van der Waals surface area (Å²) in [5.74, 6) is 2.29. The zero-order valence-corrected chi connectivity index (χ0v) is 13.1. The molecule has 1 rings (SSSR count). The van der Waals surface area contributed by atoms with Crippen LogP contribution in [0.4, 0.5) is 0 Å². The van der Waals surface area contributed by atoms with Crippen LogP contribution in [-0.4, -0.2) is 26.2 Å². The van der Waals surface area contributed by atoms with Crippen LogP contribution in [0, 0.1) is 0 Å². The van der Waals surface area contributed by atoms with Crippen molar-refractivity contribution in [1.29, 1.82) is 0 Å². The molecule has 0 heterocycles. The Hall–Kier alpha value is -0.561. The van der Waals surface area contributed by atoms with E-state index in [2.05, 4.69) is 42.7 Å². The van der Waals surface area contributed by atoms with Crippen LogP contribution in [0.15, 0.2) is 43.0 Å². The molecular formula is C16H24OSe. The molecule has 0 aliphatic heterocycles. The van der Waals surface area contributed by atoms with Crippen LogP contribution in [0.25, 0.3) is 0 Å². The van der Waals surface area contributed by atoms with Crippen molar-refractivity contribution in [3.05, 3.63) is 48.6 Å². The number of benzene rings is 1. The van der Waals surface area contributed by atoms with Gasteiger partial charge in [0.1, 0.15) is 0 Å². The molecule has 1 unspecified atom stereocenters. The van der Waals surface area contributed by atoms with Gasteiger partial charge in [-0.05, 0) is 0 Å². The third kappa shape index (κ3) is 4.28. The van der Waals surface area contributed by atoms with Crippen molar-refractivity contribution in [3.8, 4) is 0 Å². The number of aliphatic hydroxyl groups is 1. The molecule has 1 N–H and O–H groups in total. The van der Waals surface area contributed by atoms with E-state index in [4.69, 9.17) is 0 Å². The molecule has 0 saturated heterocycles. The zero-order chi connectivity index (χ0) is 13.4. The normalized spacial score (nSPS) is 15.9. The second kappa shape index (κ2) is 7.78. The molecule has 1 nitrogen and oxygen atoms in total. The second-order valence-corrected chi connectivity index (χ2v) is 7.29. The maximum atomic E-state index is 9.83. The zero-order valence-electron chi connectivity index (χ0n) is 11.4. The third-order valence-electron chi connectivity index (χ3n) is 3.30. The van der Waals surface area contributed by atoms with Crippen molar-refractivity contribution < 1.29 is 5.11 Å². The van der Waals surface area contributed by atoms with E-state index in [1.165, 1.54) is 5.56 Å². The molecular weight excluding hydrogens is 287 g/mol. The van der Waals surface area contributed by atoms with Gasteiger partial charge in [-0.1, -0.05) is 0 Å². The van der Waals surface area contributed by atoms with Gasteiger partial charge in [0.25, 0.3) is 0 Å². The van der Waals surface area contributed by atoms with E-state index < -0.39 is 0 Å². The van der Waals surface area contributed by atoms with E-state index in [-0.39, 0.29) is 10.4 Å². The molecule has 0 fully saturated rings. The molecule has 0 aromatic heterocycles. The molecule has 0 aliphatic carbocycles. The average Bonchev–Trinajstić information content (AvgIpc) is 2.38. The monoisotopic (exact) mass is 312 g/mol. The average molecular weight is 311 g/mol. The van der Waals surface area contributed by atoms with E-state index in [9.17, 15) is 5.11 Å². The van der Waals surface area contributed by atoms with Gasteiger partial charge in [0, 0.05) is 0 Å². The summed E-state index contributed by atoms with van der Waals surface area (Å²) < 4.78 is 0.172. The van der Waals surface area contributed by atoms with Crippen molar-refractivity contribution in [2.45, 2.75) is 48.8 Å². The first-order valence-corrected chi connectivity index (χ1v) is 9.11. The van der Waals surface area contributed by atoms with Crippen LogP contribution >= 0.6 is 0 Å². The van der Waals surface area contributed by atoms with Crippen LogP contribution in [0.5, 0.6) is 0 Å². The number of aliphatic hydroxyl groups excluding tert-OH is 1. The molecule has 18 heavy (non-hydrogen) atoms. The molecule has 2 heteroatoms. The molecule has 0 saturated carbocycles. The van der Waals surface area contributed by atoms with Gasteiger partial charge in [-0.3, -0.25) is 0 Å². The standard InChI is InChI=1S/C16H24OSe/c1-4-5-9-12-16(18-3,13-14(2)17)15-10-7-6-8-11-15/h4,6-8,10-11,14,17H,1,5,9,12-13H2,2-3H3/t14-,16?/m0/s1. The summed E-state index contributed by atoms with van der Waals surface area (Å²) in [5, 5.41) is 9.83. The number of allylic oxidation sites excluding steroid dienone is 1. The van der Waals surface area contributed by atoms with Gasteiger partial charge >= 0.3 is 117 Å². The van der Waals surface area contributed by atoms with Crippen molar-refractivity contribution in [3.63, 3.8) is 0 Å². The van der Waals surface area contributed by atoms with Gasteiger partial charge in [-0.2, -0.15) is 0 Å². The van der Waals surface area contributed by atoms with Crippen LogP contribution < -0.4 is 0 Å². The summed E-state index contributed by atoms with van der Waals surface area (Å²) in [5.41, 5.74) is 1.39. The minimum absolute atomic E-state index is 0.172. The van der Waals surface area contributed by atoms with E-state index in [0.717, 1.165) is 25.7 Å². The number of rotatable bonds is 8. The quantitative estimate of drug-likeness (QED) is 0.440. The molecule has 0 radical (unpaired) electrons. The summed E-state index contributed by atoms with van der Waals surface area (Å²) >= 11 is 0.479. The predicted octanol–water partition coefficient (Wildman–Crippen LogP) is 3.76. The molecule has 0 bridgehead atoms. The first-order valence-electron chi connectivity index (χ1n) is 6.54. The topological polar surface area (TPSA) is 20.2 Å². The first-order chi connectivity index (χ1) is 8.64. The summed E-state index contributed by atoms with van der Waals surface area (Å²) in [7, 11) is 0. The van der Waals surface area contributed by atoms with Gasteiger partial charge < -0.3 is 0 Å². The van der Waals surface area contributed by atoms with Crippen LogP contribution in [-0.2, 0) is 4.31 Å². The second-order valence-electron chi connectivity index (χ2n) is 4.80. The van der Waals surface area contributed by atoms with Crippen molar-refractivity contribution in [2.75, 3.05) is 0 Å². The predicted molar refractivity (Wildman–Crippen MR) is 80.1 cm³/mol. The maximum absolute atomic E-state index is 9.83. The number of unbranched alkanes of at least 4 members (excludes halogenated alkanes) is 1. The van der Waals surface area contributed by atoms with Crippen molar-refractivity contribution in [1.82, 2.24) is 0 Å². The Morgan fingerprint density at radius 2 is 2.06 bits per heavy atom. The van der Waals surface area contributed by atoms with Gasteiger partial charge in [-0.25, -0.2) is 0 Å².